The number of benzene rings is 2. The Morgan fingerprint density at radius 2 is 1.91 bits per heavy atom. The Morgan fingerprint density at radius 1 is 1.12 bits per heavy atom. The van der Waals surface area contributed by atoms with Crippen molar-refractivity contribution in [2.45, 2.75) is 45.2 Å². The monoisotopic (exact) mass is 447 g/mol. The van der Waals surface area contributed by atoms with Gasteiger partial charge in [0, 0.05) is 34.5 Å². The van der Waals surface area contributed by atoms with E-state index >= 15 is 0 Å². The fourth-order valence-corrected chi connectivity index (χ4v) is 5.56. The summed E-state index contributed by atoms with van der Waals surface area (Å²) in [6, 6.07) is 9.19. The number of rotatable bonds is 1. The van der Waals surface area contributed by atoms with E-state index in [4.69, 9.17) is 11.0 Å². The first-order valence-corrected chi connectivity index (χ1v) is 11.5. The number of amidine groups is 1. The molecule has 2 bridgehead atoms. The molecule has 4 aliphatic rings. The van der Waals surface area contributed by atoms with Crippen LogP contribution in [0.1, 0.15) is 61.9 Å². The number of hydrogen-bond acceptors (Lipinski definition) is 4. The normalized spacial score (nSPS) is 25.4. The number of nitrogens with two attached hydrogens (primary N) is 1. The van der Waals surface area contributed by atoms with E-state index in [-0.39, 0.29) is 5.52 Å². The first-order chi connectivity index (χ1) is 15.9. The number of aliphatic imine (C=N–C) groups is 1. The van der Waals surface area contributed by atoms with Gasteiger partial charge in [-0.25, -0.2) is 13.8 Å². The molecule has 2 atom stereocenters. The van der Waals surface area contributed by atoms with Crippen LogP contribution in [0.15, 0.2) is 41.5 Å². The van der Waals surface area contributed by atoms with Crippen LogP contribution in [0.2, 0.25) is 0 Å². The number of aromatic amines is 1. The van der Waals surface area contributed by atoms with Crippen molar-refractivity contribution in [3.63, 3.8) is 0 Å². The van der Waals surface area contributed by atoms with E-state index < -0.39 is 17.8 Å². The minimum absolute atomic E-state index is 0.204. The summed E-state index contributed by atoms with van der Waals surface area (Å²) in [5.74, 6) is 2.39. The smallest absolute Gasteiger partial charge is 0.150 e. The maximum absolute atomic E-state index is 13.8. The first kappa shape index (κ1) is 21.6. The molecule has 3 aromatic rings. The number of nitriles is 1. The summed E-state index contributed by atoms with van der Waals surface area (Å²) in [6.07, 6.45) is 8.63. The molecule has 3 aliphatic carbocycles. The summed E-state index contributed by atoms with van der Waals surface area (Å²) < 4.78 is 27.4. The first-order valence-electron chi connectivity index (χ1n) is 11.5. The number of fused-ring (bicyclic) bond motifs is 5. The lowest BCUT2D eigenvalue weighted by Crippen LogP contribution is -2.29. The van der Waals surface area contributed by atoms with Crippen molar-refractivity contribution in [3.8, 4) is 6.07 Å². The van der Waals surface area contributed by atoms with E-state index in [2.05, 4.69) is 28.3 Å². The minimum atomic E-state index is -0.673. The molecule has 0 spiro atoms. The molecule has 2 heterocycles. The van der Waals surface area contributed by atoms with E-state index in [0.29, 0.717) is 33.6 Å². The fraction of sp³-hybridized carbons (Fsp3) is 0.385. The fourth-order valence-electron chi connectivity index (χ4n) is 5.56. The third-order valence-electron chi connectivity index (χ3n) is 7.38. The van der Waals surface area contributed by atoms with Gasteiger partial charge in [0.2, 0.25) is 0 Å². The molecular weight excluding hydrogens is 420 g/mol. The van der Waals surface area contributed by atoms with Crippen molar-refractivity contribution in [1.29, 1.82) is 5.26 Å². The third kappa shape index (κ3) is 4.11. The summed E-state index contributed by atoms with van der Waals surface area (Å²) in [5, 5.41) is 12.5. The van der Waals surface area contributed by atoms with E-state index in [1.165, 1.54) is 6.07 Å². The quantitative estimate of drug-likeness (QED) is 0.429. The summed E-state index contributed by atoms with van der Waals surface area (Å²) in [7, 11) is 0. The molecule has 0 amide bonds. The summed E-state index contributed by atoms with van der Waals surface area (Å²) >= 11 is 0. The second kappa shape index (κ2) is 8.60. The van der Waals surface area contributed by atoms with Gasteiger partial charge in [0.25, 0.3) is 0 Å². The van der Waals surface area contributed by atoms with Gasteiger partial charge in [0.05, 0.1) is 17.1 Å². The van der Waals surface area contributed by atoms with Gasteiger partial charge < -0.3 is 16.0 Å². The van der Waals surface area contributed by atoms with Crippen LogP contribution in [0.25, 0.3) is 10.9 Å². The van der Waals surface area contributed by atoms with Crippen LogP contribution in [0.3, 0.4) is 0 Å². The summed E-state index contributed by atoms with van der Waals surface area (Å²) in [4.78, 5) is 7.15. The largest absolute Gasteiger partial charge is 0.358 e. The molecule has 0 radical (unpaired) electrons. The Labute approximate surface area is 191 Å². The number of hydrogen-bond donors (Lipinski definition) is 3. The van der Waals surface area contributed by atoms with Crippen LogP contribution < -0.4 is 11.1 Å². The molecule has 33 heavy (non-hydrogen) atoms. The lowest BCUT2D eigenvalue weighted by molar-refractivity contribution is 0.111. The molecule has 4 N–H and O–H groups in total. The number of nitrogens with zero attached hydrogens (tertiary/aromatic N) is 2. The summed E-state index contributed by atoms with van der Waals surface area (Å²) in [6.45, 7) is 2.44. The number of aromatic nitrogens is 1. The zero-order valence-corrected chi connectivity index (χ0v) is 18.5. The lowest BCUT2D eigenvalue weighted by Gasteiger charge is -2.40. The molecule has 7 heteroatoms. The van der Waals surface area contributed by atoms with E-state index in [1.54, 1.807) is 56.5 Å². The Bertz CT molecular complexity index is 1260. The van der Waals surface area contributed by atoms with Crippen LogP contribution in [0.4, 0.5) is 14.5 Å². The van der Waals surface area contributed by atoms with Gasteiger partial charge in [-0.05, 0) is 61.3 Å². The van der Waals surface area contributed by atoms with Crippen molar-refractivity contribution in [3.05, 3.63) is 64.9 Å². The van der Waals surface area contributed by atoms with E-state index in [9.17, 15) is 8.78 Å². The standard InChI is InChI=1S/C17H11F2N5.C9H16/c18-9-4-10-12(7-22-15(10)13(19)5-9)17-23-14-2-1-8(6-20)3-11(14)16(21)24-17;1-7-6-8-2-4-9(7)5-3-8/h1-5,7,16,22H,21H2,(H,23,24);7-9H,2-6H2,1H3. The van der Waals surface area contributed by atoms with E-state index in [0.717, 1.165) is 23.8 Å². The van der Waals surface area contributed by atoms with Crippen LogP contribution in [0.5, 0.6) is 0 Å². The topological polar surface area (TPSA) is 90.0 Å². The second-order valence-electron chi connectivity index (χ2n) is 9.47. The highest BCUT2D eigenvalue weighted by atomic mass is 19.1. The average molecular weight is 448 g/mol. The van der Waals surface area contributed by atoms with Gasteiger partial charge in [-0.3, -0.25) is 0 Å². The highest BCUT2D eigenvalue weighted by molar-refractivity contribution is 6.16. The molecular formula is C26H27F2N5. The van der Waals surface area contributed by atoms with Gasteiger partial charge in [-0.15, -0.1) is 0 Å². The van der Waals surface area contributed by atoms with Gasteiger partial charge in [0.1, 0.15) is 23.6 Å². The number of nitrogens with one attached hydrogen (secondary N) is 2. The molecule has 2 unspecified atom stereocenters. The average Bonchev–Trinajstić information content (AvgIpc) is 3.24. The lowest BCUT2D eigenvalue weighted by atomic mass is 9.65. The number of H-pyrrole nitrogens is 1. The maximum atomic E-state index is 13.8. The Kier molecular flexibility index (Phi) is 5.63. The summed E-state index contributed by atoms with van der Waals surface area (Å²) in [5.41, 5.74) is 8.68. The highest BCUT2D eigenvalue weighted by Crippen LogP contribution is 2.44. The van der Waals surface area contributed by atoms with Crippen LogP contribution in [-0.2, 0) is 0 Å². The Morgan fingerprint density at radius 3 is 2.55 bits per heavy atom. The van der Waals surface area contributed by atoms with Crippen LogP contribution in [-0.4, -0.2) is 10.8 Å². The van der Waals surface area contributed by atoms with Gasteiger partial charge in [-0.1, -0.05) is 19.8 Å². The van der Waals surface area contributed by atoms with Crippen molar-refractivity contribution in [2.24, 2.45) is 28.5 Å². The zero-order chi connectivity index (χ0) is 23.1. The molecule has 1 aromatic heterocycles. The molecule has 2 aromatic carbocycles. The third-order valence-corrected chi connectivity index (χ3v) is 7.38. The van der Waals surface area contributed by atoms with Crippen LogP contribution >= 0.6 is 0 Å². The minimum Gasteiger partial charge on any atom is -0.358 e. The van der Waals surface area contributed by atoms with Crippen molar-refractivity contribution < 1.29 is 8.78 Å². The molecule has 3 fully saturated rings. The number of halogens is 2. The molecule has 170 valence electrons. The van der Waals surface area contributed by atoms with E-state index in [1.807, 2.05) is 0 Å². The predicted molar refractivity (Wildman–Crippen MR) is 126 cm³/mol. The SMILES string of the molecule is CC1CC2CCC1CC2.N#Cc1ccc2c(c1)C(N)N=C(c1c[nH]c3c(F)cc(F)cc13)N2. The molecule has 0 saturated heterocycles. The van der Waals surface area contributed by atoms with Gasteiger partial charge in [-0.2, -0.15) is 5.26 Å². The Balaban J connectivity index is 0.000000211. The van der Waals surface area contributed by atoms with Crippen molar-refractivity contribution >= 4 is 22.4 Å². The maximum Gasteiger partial charge on any atom is 0.150 e. The predicted octanol–water partition coefficient (Wildman–Crippen LogP) is 5.98. The number of anilines is 1. The van der Waals surface area contributed by atoms with Gasteiger partial charge >= 0.3 is 0 Å². The molecule has 7 rings (SSSR count). The highest BCUT2D eigenvalue weighted by Gasteiger charge is 2.32. The second-order valence-corrected chi connectivity index (χ2v) is 9.47. The molecule has 1 aliphatic heterocycles. The molecule has 3 saturated carbocycles. The Hall–Kier alpha value is -3.24. The van der Waals surface area contributed by atoms with Crippen molar-refractivity contribution in [2.75, 3.05) is 5.32 Å². The molecule has 5 nitrogen and oxygen atoms in total. The van der Waals surface area contributed by atoms with Crippen molar-refractivity contribution in [1.82, 2.24) is 4.98 Å². The van der Waals surface area contributed by atoms with Crippen LogP contribution in [0, 0.1) is 40.7 Å². The van der Waals surface area contributed by atoms with Gasteiger partial charge in [0.15, 0.2) is 0 Å². The zero-order valence-electron chi connectivity index (χ0n) is 18.5.